The molecule has 4 heterocycles. The van der Waals surface area contributed by atoms with E-state index >= 15 is 0 Å². The van der Waals surface area contributed by atoms with Crippen molar-refractivity contribution in [2.45, 2.75) is 82.0 Å². The number of amides is 5. The number of carbonyl (C=O) groups excluding carboxylic acids is 5. The smallest absolute Gasteiger partial charge is 0.254 e. The maximum Gasteiger partial charge on any atom is 0.254 e. The molecule has 6 N–H and O–H groups in total. The van der Waals surface area contributed by atoms with Gasteiger partial charge in [-0.1, -0.05) is 84.4 Å². The molecule has 2 aliphatic heterocycles. The van der Waals surface area contributed by atoms with E-state index in [4.69, 9.17) is 28.2 Å². The van der Waals surface area contributed by atoms with Crippen LogP contribution in [0.5, 0.6) is 0 Å². The largest absolute Gasteiger partial charge is 0.365 e. The summed E-state index contributed by atoms with van der Waals surface area (Å²) in [7, 11) is 1.73. The third kappa shape index (κ3) is 11.7. The first-order valence-electron chi connectivity index (χ1n) is 26.5. The Kier molecular flexibility index (Phi) is 15.3. The fourth-order valence-electron chi connectivity index (χ4n) is 11.1. The lowest BCUT2D eigenvalue weighted by Gasteiger charge is -2.40. The molecular formula is C59H62ClN13O5. The number of likely N-dealkylation sites (tertiary alicyclic amines) is 2. The highest BCUT2D eigenvalue weighted by molar-refractivity contribution is 6.30. The molecule has 4 fully saturated rings. The Morgan fingerprint density at radius 1 is 0.667 bits per heavy atom. The third-order valence-corrected chi connectivity index (χ3v) is 16.4. The van der Waals surface area contributed by atoms with Crippen molar-refractivity contribution < 1.29 is 24.0 Å². The van der Waals surface area contributed by atoms with Crippen molar-refractivity contribution in [3.05, 3.63) is 142 Å². The Hall–Kier alpha value is -8.16. The Balaban J connectivity index is 0.709. The highest BCUT2D eigenvalue weighted by atomic mass is 35.5. The molecule has 0 radical (unpaired) electrons. The molecular weight excluding hydrogens is 1010 g/mol. The predicted molar refractivity (Wildman–Crippen MR) is 294 cm³/mol. The maximum atomic E-state index is 13.8. The molecule has 6 aromatic rings. The molecule has 4 aromatic carbocycles. The van der Waals surface area contributed by atoms with Gasteiger partial charge in [-0.05, 0) is 109 Å². The summed E-state index contributed by atoms with van der Waals surface area (Å²) in [5.74, 6) is -2.46. The van der Waals surface area contributed by atoms with E-state index in [1.54, 1.807) is 39.8 Å². The molecule has 18 nitrogen and oxygen atoms in total. The number of halogens is 1. The summed E-state index contributed by atoms with van der Waals surface area (Å²) < 4.78 is 3.32. The summed E-state index contributed by atoms with van der Waals surface area (Å²) in [5.41, 5.74) is 17.1. The lowest BCUT2D eigenvalue weighted by atomic mass is 9.84. The van der Waals surface area contributed by atoms with Crippen LogP contribution in [0.15, 0.2) is 109 Å². The van der Waals surface area contributed by atoms with Crippen molar-refractivity contribution in [2.24, 2.45) is 29.2 Å². The van der Waals surface area contributed by atoms with Crippen LogP contribution in [0, 0.1) is 40.4 Å². The lowest BCUT2D eigenvalue weighted by Crippen LogP contribution is -2.46. The zero-order valence-electron chi connectivity index (χ0n) is 43.5. The number of nitrogens with two attached hydrogens (primary N) is 2. The van der Waals surface area contributed by atoms with Gasteiger partial charge < -0.3 is 27.0 Å². The van der Waals surface area contributed by atoms with E-state index in [0.29, 0.717) is 82.0 Å². The van der Waals surface area contributed by atoms with Crippen LogP contribution in [-0.4, -0.2) is 104 Å². The Morgan fingerprint density at radius 2 is 1.14 bits per heavy atom. The zero-order valence-corrected chi connectivity index (χ0v) is 44.3. The fourth-order valence-corrected chi connectivity index (χ4v) is 11.3. The molecule has 2 atom stereocenters. The van der Waals surface area contributed by atoms with Crippen LogP contribution in [0.25, 0.3) is 22.3 Å². The second kappa shape index (κ2) is 22.4. The van der Waals surface area contributed by atoms with Gasteiger partial charge in [-0.3, -0.25) is 43.1 Å². The Labute approximate surface area is 457 Å². The molecule has 0 spiro atoms. The van der Waals surface area contributed by atoms with Crippen LogP contribution in [0.1, 0.15) is 100.0 Å². The molecule has 2 saturated carbocycles. The monoisotopic (exact) mass is 1070 g/mol. The van der Waals surface area contributed by atoms with E-state index < -0.39 is 28.8 Å². The first-order valence-corrected chi connectivity index (χ1v) is 26.9. The van der Waals surface area contributed by atoms with Gasteiger partial charge in [-0.25, -0.2) is 0 Å². The van der Waals surface area contributed by atoms with E-state index in [0.717, 1.165) is 52.8 Å². The van der Waals surface area contributed by atoms with Crippen molar-refractivity contribution >= 4 is 52.8 Å². The summed E-state index contributed by atoms with van der Waals surface area (Å²) in [6, 6.07) is 36.5. The highest BCUT2D eigenvalue weighted by Gasteiger charge is 2.45. The Bertz CT molecular complexity index is 3340. The SMILES string of the molecule is CN(CC1CC1C(=O)Nc1nn(C2(CC#N)CCN(Cc3ccc(-c4cccc(Cl)c4)cc3)CC2)cc1C(N)=O)C(=O)c1cccc(-c2ccc(CN3CCC(CC#N)(n4cc(C(N)=O)c(NC(=O)C5CC5)n4)CC3)cc2)c1. The first kappa shape index (κ1) is 53.2. The van der Waals surface area contributed by atoms with Gasteiger partial charge in [0.05, 0.1) is 36.1 Å². The first-order chi connectivity index (χ1) is 37.6. The van der Waals surface area contributed by atoms with Gasteiger partial charge >= 0.3 is 0 Å². The Morgan fingerprint density at radius 3 is 1.60 bits per heavy atom. The minimum absolute atomic E-state index is 0.0667. The maximum absolute atomic E-state index is 13.8. The molecule has 78 heavy (non-hydrogen) atoms. The number of nitrogens with zero attached hydrogens (tertiary/aromatic N) is 9. The van der Waals surface area contributed by atoms with E-state index in [1.165, 1.54) is 0 Å². The quantitative estimate of drug-likeness (QED) is 0.0609. The molecule has 19 heteroatoms. The molecule has 2 unspecified atom stereocenters. The average molecular weight is 1070 g/mol. The van der Waals surface area contributed by atoms with E-state index in [-0.39, 0.29) is 65.2 Å². The third-order valence-electron chi connectivity index (χ3n) is 16.2. The van der Waals surface area contributed by atoms with Crippen LogP contribution in [0.3, 0.4) is 0 Å². The fraction of sp³-hybridized carbons (Fsp3) is 0.373. The molecule has 2 saturated heterocycles. The minimum Gasteiger partial charge on any atom is -0.365 e. The van der Waals surface area contributed by atoms with Crippen LogP contribution in [0.4, 0.5) is 11.6 Å². The zero-order chi connectivity index (χ0) is 54.7. The number of nitrogens with one attached hydrogen (secondary N) is 2. The summed E-state index contributed by atoms with van der Waals surface area (Å²) in [6.45, 7) is 4.52. The van der Waals surface area contributed by atoms with Gasteiger partial charge in [0.2, 0.25) is 11.8 Å². The number of aromatic nitrogens is 4. The molecule has 10 rings (SSSR count). The number of benzene rings is 4. The van der Waals surface area contributed by atoms with Crippen molar-refractivity contribution in [1.29, 1.82) is 10.5 Å². The van der Waals surface area contributed by atoms with E-state index in [2.05, 4.69) is 74.1 Å². The summed E-state index contributed by atoms with van der Waals surface area (Å²) >= 11 is 6.22. The number of nitriles is 2. The van der Waals surface area contributed by atoms with E-state index in [9.17, 15) is 34.5 Å². The number of primary amides is 2. The van der Waals surface area contributed by atoms with E-state index in [1.807, 2.05) is 54.6 Å². The topological polar surface area (TPSA) is 254 Å². The number of rotatable bonds is 19. The highest BCUT2D eigenvalue weighted by Crippen LogP contribution is 2.42. The molecule has 5 amide bonds. The minimum atomic E-state index is -0.737. The van der Waals surface area contributed by atoms with Crippen molar-refractivity contribution in [3.63, 3.8) is 0 Å². The summed E-state index contributed by atoms with van der Waals surface area (Å²) in [4.78, 5) is 71.4. The number of piperidine rings is 2. The van der Waals surface area contributed by atoms with Crippen LogP contribution in [-0.2, 0) is 33.8 Å². The number of carbonyl (C=O) groups is 5. The van der Waals surface area contributed by atoms with Crippen LogP contribution < -0.4 is 22.1 Å². The second-order valence-corrected chi connectivity index (χ2v) is 22.0. The molecule has 400 valence electrons. The van der Waals surface area contributed by atoms with Gasteiger partial charge in [-0.2, -0.15) is 20.7 Å². The number of hydrogen-bond acceptors (Lipinski definition) is 11. The average Bonchev–Trinajstić information content (AvgIpc) is 4.43. The van der Waals surface area contributed by atoms with Crippen molar-refractivity contribution in [3.8, 4) is 34.4 Å². The van der Waals surface area contributed by atoms with Gasteiger partial charge in [-0.15, -0.1) is 0 Å². The number of anilines is 2. The standard InChI is InChI=1S/C59H62ClN13O5/c1-69(35-46-32-48(46)56(77)66-54-50(52(64)75)37-73(68-54)59(19-25-62)22-28-71(29-23-59)34-39-10-14-41(15-11-39)44-5-3-7-47(60)31-44)57(78)45-6-2-4-43(30-45)40-12-8-38(9-13-40)33-70-26-20-58(18-24-61,21-27-70)72-36-49(51(63)74)53(67-72)65-55(76)42-16-17-42/h2-15,30-31,36-37,42,46,48H,16-23,26-29,32-35H2,1H3,(H2,63,74)(H2,64,75)(H,65,67,76)(H,66,68,77). The predicted octanol–water partition coefficient (Wildman–Crippen LogP) is 7.77. The van der Waals surface area contributed by atoms with Crippen LogP contribution in [0.2, 0.25) is 5.02 Å². The van der Waals surface area contributed by atoms with Crippen LogP contribution >= 0.6 is 11.6 Å². The molecule has 0 bridgehead atoms. The summed E-state index contributed by atoms with van der Waals surface area (Å²) in [5, 5.41) is 35.5. The van der Waals surface area contributed by atoms with Crippen molar-refractivity contribution in [2.75, 3.05) is 50.4 Å². The van der Waals surface area contributed by atoms with Gasteiger partial charge in [0.15, 0.2) is 11.6 Å². The van der Waals surface area contributed by atoms with Gasteiger partial charge in [0, 0.05) is 87.7 Å². The summed E-state index contributed by atoms with van der Waals surface area (Å²) in [6.07, 6.45) is 8.07. The second-order valence-electron chi connectivity index (χ2n) is 21.6. The number of hydrogen-bond donors (Lipinski definition) is 4. The van der Waals surface area contributed by atoms with Gasteiger partial charge in [0.1, 0.15) is 11.1 Å². The molecule has 2 aromatic heterocycles. The molecule has 4 aliphatic rings. The van der Waals surface area contributed by atoms with Crippen molar-refractivity contribution in [1.82, 2.24) is 34.3 Å². The van der Waals surface area contributed by atoms with Gasteiger partial charge in [0.25, 0.3) is 17.7 Å². The molecule has 2 aliphatic carbocycles. The lowest BCUT2D eigenvalue weighted by molar-refractivity contribution is -0.118. The normalized spacial score (nSPS) is 18.7.